The van der Waals surface area contributed by atoms with Gasteiger partial charge in [0.15, 0.2) is 0 Å². The first-order valence-electron chi connectivity index (χ1n) is 11.5. The van der Waals surface area contributed by atoms with E-state index in [0.29, 0.717) is 6.54 Å². The van der Waals surface area contributed by atoms with E-state index >= 15 is 0 Å². The molecule has 1 saturated heterocycles. The van der Waals surface area contributed by atoms with Crippen molar-refractivity contribution < 1.29 is 9.59 Å². The SMILES string of the molecule is Cc1ccc(C(=O)N2CCCN(c3ccc(NC(=O)C4CCCCC4)cn3)CC2)cc1. The summed E-state index contributed by atoms with van der Waals surface area (Å²) in [5.74, 6) is 1.24. The minimum Gasteiger partial charge on any atom is -0.355 e. The van der Waals surface area contributed by atoms with Gasteiger partial charge in [0, 0.05) is 37.7 Å². The third-order valence-corrected chi connectivity index (χ3v) is 6.40. The van der Waals surface area contributed by atoms with Gasteiger partial charge < -0.3 is 15.1 Å². The fourth-order valence-corrected chi connectivity index (χ4v) is 4.48. The Morgan fingerprint density at radius 1 is 0.903 bits per heavy atom. The summed E-state index contributed by atoms with van der Waals surface area (Å²) in [6, 6.07) is 11.7. The number of rotatable bonds is 4. The van der Waals surface area contributed by atoms with Gasteiger partial charge in [-0.3, -0.25) is 9.59 Å². The van der Waals surface area contributed by atoms with Crippen molar-refractivity contribution >= 4 is 23.3 Å². The normalized spacial score (nSPS) is 17.8. The van der Waals surface area contributed by atoms with Crippen molar-refractivity contribution in [2.45, 2.75) is 45.4 Å². The van der Waals surface area contributed by atoms with Crippen LogP contribution in [0.3, 0.4) is 0 Å². The highest BCUT2D eigenvalue weighted by atomic mass is 16.2. The highest BCUT2D eigenvalue weighted by molar-refractivity contribution is 5.94. The van der Waals surface area contributed by atoms with Crippen LogP contribution in [0.1, 0.15) is 54.4 Å². The number of aromatic nitrogens is 1. The van der Waals surface area contributed by atoms with E-state index in [0.717, 1.165) is 74.4 Å². The molecule has 164 valence electrons. The Bertz CT molecular complexity index is 889. The molecule has 1 aromatic carbocycles. The van der Waals surface area contributed by atoms with Crippen molar-refractivity contribution in [2.75, 3.05) is 36.4 Å². The molecule has 2 aliphatic rings. The third-order valence-electron chi connectivity index (χ3n) is 6.40. The lowest BCUT2D eigenvalue weighted by molar-refractivity contribution is -0.120. The van der Waals surface area contributed by atoms with Gasteiger partial charge in [0.05, 0.1) is 11.9 Å². The standard InChI is InChI=1S/C25H32N4O2/c1-19-8-10-21(11-9-19)25(31)29-15-5-14-28(16-17-29)23-13-12-22(18-26-23)27-24(30)20-6-3-2-4-7-20/h8-13,18,20H,2-7,14-17H2,1H3,(H,27,30). The van der Waals surface area contributed by atoms with Crippen LogP contribution in [0.5, 0.6) is 0 Å². The van der Waals surface area contributed by atoms with Crippen LogP contribution in [0.2, 0.25) is 0 Å². The van der Waals surface area contributed by atoms with Gasteiger partial charge in [-0.1, -0.05) is 37.0 Å². The molecule has 0 bridgehead atoms. The van der Waals surface area contributed by atoms with Crippen LogP contribution in [0.4, 0.5) is 11.5 Å². The summed E-state index contributed by atoms with van der Waals surface area (Å²) in [5, 5.41) is 3.03. The first-order chi connectivity index (χ1) is 15.1. The summed E-state index contributed by atoms with van der Waals surface area (Å²) in [5.41, 5.74) is 2.66. The number of carbonyl (C=O) groups is 2. The Hall–Kier alpha value is -2.89. The monoisotopic (exact) mass is 420 g/mol. The lowest BCUT2D eigenvalue weighted by Crippen LogP contribution is -2.35. The third kappa shape index (κ3) is 5.43. The molecular formula is C25H32N4O2. The van der Waals surface area contributed by atoms with Gasteiger partial charge >= 0.3 is 0 Å². The molecule has 1 saturated carbocycles. The van der Waals surface area contributed by atoms with Crippen LogP contribution in [-0.4, -0.2) is 47.9 Å². The average Bonchev–Trinajstić information content (AvgIpc) is 3.06. The van der Waals surface area contributed by atoms with Crippen molar-refractivity contribution in [1.29, 1.82) is 0 Å². The Morgan fingerprint density at radius 2 is 1.68 bits per heavy atom. The second-order valence-electron chi connectivity index (χ2n) is 8.73. The maximum atomic E-state index is 12.8. The van der Waals surface area contributed by atoms with E-state index in [2.05, 4.69) is 15.2 Å². The fraction of sp³-hybridized carbons (Fsp3) is 0.480. The van der Waals surface area contributed by atoms with Gasteiger partial charge in [0.2, 0.25) is 5.91 Å². The molecular weight excluding hydrogens is 388 g/mol. The largest absolute Gasteiger partial charge is 0.355 e. The second kappa shape index (κ2) is 9.94. The number of anilines is 2. The summed E-state index contributed by atoms with van der Waals surface area (Å²) < 4.78 is 0. The van der Waals surface area contributed by atoms with Crippen molar-refractivity contribution in [3.63, 3.8) is 0 Å². The summed E-state index contributed by atoms with van der Waals surface area (Å²) in [4.78, 5) is 34.0. The van der Waals surface area contributed by atoms with Gasteiger partial charge in [-0.15, -0.1) is 0 Å². The molecule has 0 radical (unpaired) electrons. The lowest BCUT2D eigenvalue weighted by atomic mass is 9.88. The molecule has 0 spiro atoms. The predicted octanol–water partition coefficient (Wildman–Crippen LogP) is 4.26. The molecule has 0 unspecified atom stereocenters. The quantitative estimate of drug-likeness (QED) is 0.803. The van der Waals surface area contributed by atoms with E-state index in [1.54, 1.807) is 6.20 Å². The predicted molar refractivity (Wildman–Crippen MR) is 123 cm³/mol. The second-order valence-corrected chi connectivity index (χ2v) is 8.73. The maximum Gasteiger partial charge on any atom is 0.253 e. The number of pyridine rings is 1. The van der Waals surface area contributed by atoms with Crippen LogP contribution in [0.25, 0.3) is 0 Å². The van der Waals surface area contributed by atoms with E-state index in [1.165, 1.54) is 6.42 Å². The smallest absolute Gasteiger partial charge is 0.253 e. The van der Waals surface area contributed by atoms with E-state index in [9.17, 15) is 9.59 Å². The molecule has 1 N–H and O–H groups in total. The van der Waals surface area contributed by atoms with Crippen molar-refractivity contribution in [3.05, 3.63) is 53.7 Å². The minimum atomic E-state index is 0.0931. The van der Waals surface area contributed by atoms with E-state index < -0.39 is 0 Å². The van der Waals surface area contributed by atoms with Crippen LogP contribution < -0.4 is 10.2 Å². The molecule has 1 aliphatic carbocycles. The first kappa shape index (κ1) is 21.3. The van der Waals surface area contributed by atoms with Gasteiger partial charge in [-0.2, -0.15) is 0 Å². The van der Waals surface area contributed by atoms with Gasteiger partial charge in [-0.05, 0) is 50.5 Å². The number of nitrogens with zero attached hydrogens (tertiary/aromatic N) is 3. The molecule has 31 heavy (non-hydrogen) atoms. The van der Waals surface area contributed by atoms with Gasteiger partial charge in [-0.25, -0.2) is 4.98 Å². The van der Waals surface area contributed by atoms with Gasteiger partial charge in [0.25, 0.3) is 5.91 Å². The molecule has 2 fully saturated rings. The molecule has 1 aliphatic heterocycles. The van der Waals surface area contributed by atoms with Crippen molar-refractivity contribution in [1.82, 2.24) is 9.88 Å². The Labute approximate surface area is 184 Å². The molecule has 2 amide bonds. The zero-order valence-corrected chi connectivity index (χ0v) is 18.3. The number of carbonyl (C=O) groups excluding carboxylic acids is 2. The summed E-state index contributed by atoms with van der Waals surface area (Å²) in [6.07, 6.45) is 8.16. The summed E-state index contributed by atoms with van der Waals surface area (Å²) in [7, 11) is 0. The number of nitrogens with one attached hydrogen (secondary N) is 1. The highest BCUT2D eigenvalue weighted by Gasteiger charge is 2.22. The van der Waals surface area contributed by atoms with Crippen LogP contribution in [0, 0.1) is 12.8 Å². The molecule has 6 nitrogen and oxygen atoms in total. The number of benzene rings is 1. The zero-order valence-electron chi connectivity index (χ0n) is 18.3. The van der Waals surface area contributed by atoms with Gasteiger partial charge in [0.1, 0.15) is 5.82 Å². The molecule has 6 heteroatoms. The van der Waals surface area contributed by atoms with Crippen LogP contribution >= 0.6 is 0 Å². The summed E-state index contributed by atoms with van der Waals surface area (Å²) >= 11 is 0. The Balaban J connectivity index is 1.33. The molecule has 2 aromatic rings. The van der Waals surface area contributed by atoms with E-state index in [-0.39, 0.29) is 17.7 Å². The average molecular weight is 421 g/mol. The van der Waals surface area contributed by atoms with Crippen LogP contribution in [-0.2, 0) is 4.79 Å². The molecule has 0 atom stereocenters. The van der Waals surface area contributed by atoms with Crippen LogP contribution in [0.15, 0.2) is 42.6 Å². The highest BCUT2D eigenvalue weighted by Crippen LogP contribution is 2.25. The van der Waals surface area contributed by atoms with E-state index in [4.69, 9.17) is 0 Å². The topological polar surface area (TPSA) is 65.5 Å². The Kier molecular flexibility index (Phi) is 6.85. The number of aryl methyl sites for hydroxylation is 1. The number of hydrogen-bond donors (Lipinski definition) is 1. The molecule has 2 heterocycles. The summed E-state index contributed by atoms with van der Waals surface area (Å²) in [6.45, 7) is 5.06. The van der Waals surface area contributed by atoms with E-state index in [1.807, 2.05) is 48.2 Å². The lowest BCUT2D eigenvalue weighted by Gasteiger charge is -2.23. The first-order valence-corrected chi connectivity index (χ1v) is 11.5. The number of amides is 2. The molecule has 4 rings (SSSR count). The minimum absolute atomic E-state index is 0.0931. The van der Waals surface area contributed by atoms with Crippen molar-refractivity contribution in [2.24, 2.45) is 5.92 Å². The Morgan fingerprint density at radius 3 is 2.39 bits per heavy atom. The fourth-order valence-electron chi connectivity index (χ4n) is 4.48. The molecule has 1 aromatic heterocycles. The zero-order chi connectivity index (χ0) is 21.6. The van der Waals surface area contributed by atoms with Crippen molar-refractivity contribution in [3.8, 4) is 0 Å². The number of hydrogen-bond acceptors (Lipinski definition) is 4. The maximum absolute atomic E-state index is 12.8.